The minimum absolute atomic E-state index is 0.181. The molecule has 154 valence electrons. The maximum Gasteiger partial charge on any atom is 0.222 e. The lowest BCUT2D eigenvalue weighted by molar-refractivity contribution is -0.131. The highest BCUT2D eigenvalue weighted by atomic mass is 16.2. The summed E-state index contributed by atoms with van der Waals surface area (Å²) in [5.41, 5.74) is 5.49. The summed E-state index contributed by atoms with van der Waals surface area (Å²) in [5, 5.41) is 8.09. The van der Waals surface area contributed by atoms with E-state index in [9.17, 15) is 4.79 Å². The Kier molecular flexibility index (Phi) is 5.94. The zero-order chi connectivity index (χ0) is 20.2. The van der Waals surface area contributed by atoms with Crippen molar-refractivity contribution in [2.24, 2.45) is 0 Å². The van der Waals surface area contributed by atoms with Crippen LogP contribution in [0.15, 0.2) is 24.3 Å². The van der Waals surface area contributed by atoms with E-state index in [0.717, 1.165) is 55.0 Å². The molecule has 0 fully saturated rings. The van der Waals surface area contributed by atoms with E-state index in [0.29, 0.717) is 25.9 Å². The molecule has 0 unspecified atom stereocenters. The first kappa shape index (κ1) is 19.6. The lowest BCUT2D eigenvalue weighted by Crippen LogP contribution is -2.33. The molecule has 0 bridgehead atoms. The van der Waals surface area contributed by atoms with Crippen molar-refractivity contribution in [1.29, 1.82) is 0 Å². The second-order valence-electron chi connectivity index (χ2n) is 7.81. The fourth-order valence-corrected chi connectivity index (χ4v) is 3.93. The Bertz CT molecular complexity index is 965. The van der Waals surface area contributed by atoms with Gasteiger partial charge in [-0.15, -0.1) is 0 Å². The number of aryl methyl sites for hydroxylation is 3. The van der Waals surface area contributed by atoms with Crippen molar-refractivity contribution in [2.45, 2.75) is 52.6 Å². The largest absolute Gasteiger partial charge is 0.343 e. The number of imidazole rings is 1. The van der Waals surface area contributed by atoms with E-state index in [4.69, 9.17) is 0 Å². The van der Waals surface area contributed by atoms with Gasteiger partial charge in [0.15, 0.2) is 0 Å². The number of nitrogens with one attached hydrogen (secondary N) is 2. The van der Waals surface area contributed by atoms with Crippen LogP contribution in [0.5, 0.6) is 0 Å². The van der Waals surface area contributed by atoms with E-state index >= 15 is 0 Å². The summed E-state index contributed by atoms with van der Waals surface area (Å²) in [5.74, 6) is 1.11. The molecule has 1 amide bonds. The van der Waals surface area contributed by atoms with Gasteiger partial charge in [-0.05, 0) is 50.6 Å². The highest BCUT2D eigenvalue weighted by Crippen LogP contribution is 2.14. The molecule has 3 aromatic rings. The van der Waals surface area contributed by atoms with Gasteiger partial charge in [0.1, 0.15) is 5.82 Å². The normalized spacial score (nSPS) is 14.0. The van der Waals surface area contributed by atoms with Crippen LogP contribution in [0.3, 0.4) is 0 Å². The lowest BCUT2D eigenvalue weighted by Gasteiger charge is -2.20. The van der Waals surface area contributed by atoms with E-state index < -0.39 is 0 Å². The first-order chi connectivity index (χ1) is 14.1. The molecule has 2 N–H and O–H groups in total. The molecule has 7 nitrogen and oxygen atoms in total. The summed E-state index contributed by atoms with van der Waals surface area (Å²) in [6, 6.07) is 8.35. The number of rotatable bonds is 7. The number of likely N-dealkylation sites (N-methyl/N-ethyl adjacent to an activating group) is 1. The topological polar surface area (TPSA) is 78.8 Å². The van der Waals surface area contributed by atoms with Crippen LogP contribution < -0.4 is 5.32 Å². The first-order valence-electron chi connectivity index (χ1n) is 10.6. The Labute approximate surface area is 171 Å². The van der Waals surface area contributed by atoms with Crippen LogP contribution in [0, 0.1) is 6.92 Å². The lowest BCUT2D eigenvalue weighted by atomic mass is 10.2. The number of carbonyl (C=O) groups excluding carboxylic acids is 1. The van der Waals surface area contributed by atoms with E-state index in [1.807, 2.05) is 17.9 Å². The van der Waals surface area contributed by atoms with E-state index in [2.05, 4.69) is 50.2 Å². The molecule has 7 heteroatoms. The van der Waals surface area contributed by atoms with Gasteiger partial charge in [0.2, 0.25) is 5.91 Å². The number of H-pyrrole nitrogens is 1. The molecule has 0 spiro atoms. The molecule has 0 radical (unpaired) electrons. The number of aromatic amines is 1. The summed E-state index contributed by atoms with van der Waals surface area (Å²) in [6.45, 7) is 8.34. The van der Waals surface area contributed by atoms with Crippen molar-refractivity contribution in [3.63, 3.8) is 0 Å². The van der Waals surface area contributed by atoms with Crippen molar-refractivity contribution in [1.82, 2.24) is 30.0 Å². The Morgan fingerprint density at radius 3 is 3.03 bits per heavy atom. The summed E-state index contributed by atoms with van der Waals surface area (Å²) >= 11 is 0. The molecule has 0 aliphatic carbocycles. The molecule has 1 aromatic carbocycles. The minimum Gasteiger partial charge on any atom is -0.343 e. The highest BCUT2D eigenvalue weighted by Gasteiger charge is 2.15. The SMILES string of the molecule is CCN(CCc1nc2ccc(C)cc2[nH]1)C(=O)CCc1cc2n(n1)CCCNC2. The molecular weight excluding hydrogens is 364 g/mol. The van der Waals surface area contributed by atoms with E-state index in [-0.39, 0.29) is 5.91 Å². The Balaban J connectivity index is 1.31. The molecule has 1 aliphatic heterocycles. The molecule has 29 heavy (non-hydrogen) atoms. The average molecular weight is 395 g/mol. The number of hydrogen-bond acceptors (Lipinski definition) is 4. The molecule has 0 saturated heterocycles. The van der Waals surface area contributed by atoms with Gasteiger partial charge in [-0.25, -0.2) is 4.98 Å². The van der Waals surface area contributed by atoms with Crippen molar-refractivity contribution in [2.75, 3.05) is 19.6 Å². The van der Waals surface area contributed by atoms with Gasteiger partial charge >= 0.3 is 0 Å². The number of carbonyl (C=O) groups is 1. The van der Waals surface area contributed by atoms with Gasteiger partial charge in [0.25, 0.3) is 0 Å². The number of hydrogen-bond donors (Lipinski definition) is 2. The maximum atomic E-state index is 12.7. The predicted octanol–water partition coefficient (Wildman–Crippen LogP) is 2.58. The smallest absolute Gasteiger partial charge is 0.222 e. The van der Waals surface area contributed by atoms with Crippen molar-refractivity contribution in [3.8, 4) is 0 Å². The van der Waals surface area contributed by atoms with Crippen LogP contribution in [0.2, 0.25) is 0 Å². The van der Waals surface area contributed by atoms with Crippen LogP contribution in [-0.2, 0) is 30.7 Å². The first-order valence-corrected chi connectivity index (χ1v) is 10.6. The molecule has 4 rings (SSSR count). The molecule has 3 heterocycles. The summed E-state index contributed by atoms with van der Waals surface area (Å²) in [6.07, 6.45) is 3.02. The molecule has 0 atom stereocenters. The third-order valence-electron chi connectivity index (χ3n) is 5.58. The van der Waals surface area contributed by atoms with Crippen LogP contribution in [0.4, 0.5) is 0 Å². The quantitative estimate of drug-likeness (QED) is 0.646. The number of aromatic nitrogens is 4. The summed E-state index contributed by atoms with van der Waals surface area (Å²) in [4.78, 5) is 22.7. The van der Waals surface area contributed by atoms with Crippen LogP contribution in [0.1, 0.15) is 42.5 Å². The third-order valence-corrected chi connectivity index (χ3v) is 5.58. The van der Waals surface area contributed by atoms with E-state index in [1.54, 1.807) is 0 Å². The van der Waals surface area contributed by atoms with Crippen molar-refractivity contribution in [3.05, 3.63) is 47.0 Å². The number of benzene rings is 1. The van der Waals surface area contributed by atoms with Gasteiger partial charge in [0.05, 0.1) is 22.4 Å². The van der Waals surface area contributed by atoms with Gasteiger partial charge < -0.3 is 15.2 Å². The number of nitrogens with zero attached hydrogens (tertiary/aromatic N) is 4. The van der Waals surface area contributed by atoms with Crippen LogP contribution in [0.25, 0.3) is 11.0 Å². The van der Waals surface area contributed by atoms with Gasteiger partial charge in [-0.1, -0.05) is 6.07 Å². The monoisotopic (exact) mass is 394 g/mol. The van der Waals surface area contributed by atoms with E-state index in [1.165, 1.54) is 11.3 Å². The van der Waals surface area contributed by atoms with Gasteiger partial charge in [0, 0.05) is 45.4 Å². The van der Waals surface area contributed by atoms with Crippen LogP contribution in [-0.4, -0.2) is 50.2 Å². The Hall–Kier alpha value is -2.67. The Morgan fingerprint density at radius 1 is 1.28 bits per heavy atom. The second-order valence-corrected chi connectivity index (χ2v) is 7.81. The average Bonchev–Trinajstić information content (AvgIpc) is 3.23. The third kappa shape index (κ3) is 4.67. The zero-order valence-electron chi connectivity index (χ0n) is 17.4. The maximum absolute atomic E-state index is 12.7. The molecule has 0 saturated carbocycles. The standard InChI is InChI=1S/C22H30N6O/c1-3-27(12-9-21-24-19-7-5-16(2)13-20(19)25-21)22(29)8-6-17-14-18-15-23-10-4-11-28(18)26-17/h5,7,13-14,23H,3-4,6,8-12,15H2,1-2H3,(H,24,25). The zero-order valence-corrected chi connectivity index (χ0v) is 17.4. The summed E-state index contributed by atoms with van der Waals surface area (Å²) in [7, 11) is 0. The highest BCUT2D eigenvalue weighted by molar-refractivity contribution is 5.77. The number of amides is 1. The Morgan fingerprint density at radius 2 is 2.17 bits per heavy atom. The second kappa shape index (κ2) is 8.78. The summed E-state index contributed by atoms with van der Waals surface area (Å²) < 4.78 is 2.08. The van der Waals surface area contributed by atoms with Gasteiger partial charge in [-0.2, -0.15) is 5.10 Å². The molecule has 2 aromatic heterocycles. The van der Waals surface area contributed by atoms with Crippen LogP contribution >= 0.6 is 0 Å². The van der Waals surface area contributed by atoms with Crippen molar-refractivity contribution < 1.29 is 4.79 Å². The molecule has 1 aliphatic rings. The minimum atomic E-state index is 0.181. The fourth-order valence-electron chi connectivity index (χ4n) is 3.93. The number of fused-ring (bicyclic) bond motifs is 2. The van der Waals surface area contributed by atoms with Crippen molar-refractivity contribution >= 4 is 16.9 Å². The fraction of sp³-hybridized carbons (Fsp3) is 0.500. The predicted molar refractivity (Wildman–Crippen MR) is 114 cm³/mol. The molecular formula is C22H30N6O. The van der Waals surface area contributed by atoms with Gasteiger partial charge in [-0.3, -0.25) is 9.48 Å².